The molecule has 26 heavy (non-hydrogen) atoms. The highest BCUT2D eigenvalue weighted by molar-refractivity contribution is 8.93. The van der Waals surface area contributed by atoms with Gasteiger partial charge in [0.2, 0.25) is 11.9 Å². The Balaban J connectivity index is 0.00000243. The first-order chi connectivity index (χ1) is 12.0. The second-order valence-electron chi connectivity index (χ2n) is 6.27. The van der Waals surface area contributed by atoms with Crippen molar-refractivity contribution in [2.24, 2.45) is 21.5 Å². The Morgan fingerprint density at radius 3 is 2.50 bits per heavy atom. The number of hydroxylamine groups is 2. The van der Waals surface area contributed by atoms with Crippen LogP contribution in [0.4, 0.5) is 0 Å². The Morgan fingerprint density at radius 2 is 1.77 bits per heavy atom. The van der Waals surface area contributed by atoms with E-state index in [1.807, 2.05) is 38.1 Å². The van der Waals surface area contributed by atoms with E-state index in [4.69, 9.17) is 21.0 Å². The maximum atomic E-state index is 5.86. The average molecular weight is 422 g/mol. The largest absolute Gasteiger partial charge is 0.493 e. The van der Waals surface area contributed by atoms with Gasteiger partial charge in [-0.1, -0.05) is 30.3 Å². The van der Waals surface area contributed by atoms with Crippen molar-refractivity contribution in [3.63, 3.8) is 0 Å². The number of ether oxygens (including phenoxy) is 1. The second-order valence-corrected chi connectivity index (χ2v) is 6.27. The standard InChI is InChI=1S/C18H23N5O2.BrH/c1-18(2)22-16(19)21-17(20)23(18)25-11-5-10-24-15-9-8-13-6-3-4-7-14(13)12-15;/h3-4,6-9,12H,5,10-11H2,1-2H3,(H4,19,20,21,22);1H. The number of nitrogens with two attached hydrogens (primary N) is 2. The molecule has 0 saturated carbocycles. The van der Waals surface area contributed by atoms with Crippen molar-refractivity contribution in [3.8, 4) is 5.75 Å². The number of fused-ring (bicyclic) bond motifs is 1. The fraction of sp³-hybridized carbons (Fsp3) is 0.333. The lowest BCUT2D eigenvalue weighted by molar-refractivity contribution is -0.158. The van der Waals surface area contributed by atoms with Gasteiger partial charge in [-0.15, -0.1) is 17.0 Å². The van der Waals surface area contributed by atoms with Crippen LogP contribution in [0.5, 0.6) is 5.75 Å². The zero-order valence-electron chi connectivity index (χ0n) is 14.9. The first-order valence-electron chi connectivity index (χ1n) is 8.20. The molecule has 0 saturated heterocycles. The molecule has 0 bridgehead atoms. The van der Waals surface area contributed by atoms with E-state index in [0.29, 0.717) is 19.6 Å². The van der Waals surface area contributed by atoms with Crippen LogP contribution in [0.2, 0.25) is 0 Å². The SMILES string of the molecule is Br.CC1(C)N=C(N)N=C(N)N1OCCCOc1ccc2ccccc2c1. The fourth-order valence-electron chi connectivity index (χ4n) is 2.68. The summed E-state index contributed by atoms with van der Waals surface area (Å²) in [5, 5.41) is 3.82. The van der Waals surface area contributed by atoms with E-state index in [0.717, 1.165) is 11.1 Å². The number of hydrogen-bond acceptors (Lipinski definition) is 7. The zero-order valence-corrected chi connectivity index (χ0v) is 16.6. The van der Waals surface area contributed by atoms with Gasteiger partial charge in [0.05, 0.1) is 13.2 Å². The highest BCUT2D eigenvalue weighted by Gasteiger charge is 2.32. The molecule has 8 heteroatoms. The molecule has 0 fully saturated rings. The highest BCUT2D eigenvalue weighted by Crippen LogP contribution is 2.21. The van der Waals surface area contributed by atoms with E-state index >= 15 is 0 Å². The molecule has 7 nitrogen and oxygen atoms in total. The molecule has 0 unspecified atom stereocenters. The molecule has 1 heterocycles. The molecule has 0 atom stereocenters. The van der Waals surface area contributed by atoms with Crippen molar-refractivity contribution < 1.29 is 9.57 Å². The molecule has 1 aliphatic rings. The summed E-state index contributed by atoms with van der Waals surface area (Å²) in [6.45, 7) is 4.68. The summed E-state index contributed by atoms with van der Waals surface area (Å²) in [5.74, 6) is 1.20. The number of aliphatic imine (C=N–C) groups is 2. The normalized spacial score (nSPS) is 15.8. The smallest absolute Gasteiger partial charge is 0.226 e. The summed E-state index contributed by atoms with van der Waals surface area (Å²) >= 11 is 0. The van der Waals surface area contributed by atoms with Crippen LogP contribution in [0.3, 0.4) is 0 Å². The minimum absolute atomic E-state index is 0. The molecule has 0 amide bonds. The number of rotatable bonds is 6. The van der Waals surface area contributed by atoms with Crippen LogP contribution in [0.1, 0.15) is 20.3 Å². The average Bonchev–Trinajstić information content (AvgIpc) is 2.55. The Kier molecular flexibility index (Phi) is 6.44. The van der Waals surface area contributed by atoms with E-state index in [2.05, 4.69) is 28.2 Å². The molecule has 1 aliphatic heterocycles. The first kappa shape index (κ1) is 20.0. The van der Waals surface area contributed by atoms with Gasteiger partial charge in [-0.05, 0) is 36.8 Å². The number of nitrogens with zero attached hydrogens (tertiary/aromatic N) is 3. The van der Waals surface area contributed by atoms with Crippen molar-refractivity contribution in [3.05, 3.63) is 42.5 Å². The monoisotopic (exact) mass is 421 g/mol. The van der Waals surface area contributed by atoms with Crippen LogP contribution >= 0.6 is 17.0 Å². The van der Waals surface area contributed by atoms with Gasteiger partial charge in [-0.25, -0.2) is 4.99 Å². The summed E-state index contributed by atoms with van der Waals surface area (Å²) in [7, 11) is 0. The maximum Gasteiger partial charge on any atom is 0.226 e. The summed E-state index contributed by atoms with van der Waals surface area (Å²) in [6, 6.07) is 14.2. The Bertz CT molecular complexity index is 822. The van der Waals surface area contributed by atoms with Gasteiger partial charge in [0.25, 0.3) is 0 Å². The topological polar surface area (TPSA) is 98.5 Å². The summed E-state index contributed by atoms with van der Waals surface area (Å²) < 4.78 is 5.79. The first-order valence-corrected chi connectivity index (χ1v) is 8.20. The van der Waals surface area contributed by atoms with Crippen molar-refractivity contribution in [1.29, 1.82) is 0 Å². The summed E-state index contributed by atoms with van der Waals surface area (Å²) in [4.78, 5) is 13.8. The molecule has 0 radical (unpaired) electrons. The lowest BCUT2D eigenvalue weighted by Crippen LogP contribution is -2.53. The van der Waals surface area contributed by atoms with Crippen molar-refractivity contribution >= 4 is 39.7 Å². The third-order valence-corrected chi connectivity index (χ3v) is 3.82. The molecule has 0 aromatic heterocycles. The van der Waals surface area contributed by atoms with Gasteiger partial charge in [-0.2, -0.15) is 10.1 Å². The third kappa shape index (κ3) is 4.64. The van der Waals surface area contributed by atoms with Crippen LogP contribution in [0, 0.1) is 0 Å². The van der Waals surface area contributed by atoms with E-state index < -0.39 is 5.66 Å². The lowest BCUT2D eigenvalue weighted by Gasteiger charge is -2.36. The number of benzene rings is 2. The number of halogens is 1. The third-order valence-electron chi connectivity index (χ3n) is 3.82. The van der Waals surface area contributed by atoms with Crippen molar-refractivity contribution in [2.45, 2.75) is 25.9 Å². The van der Waals surface area contributed by atoms with Crippen molar-refractivity contribution in [2.75, 3.05) is 13.2 Å². The van der Waals surface area contributed by atoms with Gasteiger partial charge in [0, 0.05) is 6.42 Å². The predicted molar refractivity (Wildman–Crippen MR) is 109 cm³/mol. The van der Waals surface area contributed by atoms with Crippen LogP contribution in [-0.2, 0) is 4.84 Å². The summed E-state index contributed by atoms with van der Waals surface area (Å²) in [6.07, 6.45) is 0.700. The van der Waals surface area contributed by atoms with E-state index in [1.165, 1.54) is 10.4 Å². The zero-order chi connectivity index (χ0) is 17.9. The molecule has 0 spiro atoms. The van der Waals surface area contributed by atoms with Crippen molar-refractivity contribution in [1.82, 2.24) is 5.06 Å². The fourth-order valence-corrected chi connectivity index (χ4v) is 2.68. The summed E-state index contributed by atoms with van der Waals surface area (Å²) in [5.41, 5.74) is 10.8. The lowest BCUT2D eigenvalue weighted by atomic mass is 10.1. The van der Waals surface area contributed by atoms with Crippen LogP contribution < -0.4 is 16.2 Å². The van der Waals surface area contributed by atoms with E-state index in [9.17, 15) is 0 Å². The van der Waals surface area contributed by atoms with Gasteiger partial charge >= 0.3 is 0 Å². The van der Waals surface area contributed by atoms with Crippen LogP contribution in [-0.4, -0.2) is 35.9 Å². The van der Waals surface area contributed by atoms with Crippen LogP contribution in [0.25, 0.3) is 10.8 Å². The molecule has 140 valence electrons. The van der Waals surface area contributed by atoms with Gasteiger partial charge in [0.1, 0.15) is 5.75 Å². The minimum atomic E-state index is -0.685. The van der Waals surface area contributed by atoms with E-state index in [1.54, 1.807) is 0 Å². The molecule has 2 aromatic rings. The van der Waals surface area contributed by atoms with E-state index in [-0.39, 0.29) is 28.9 Å². The Hall–Kier alpha value is -2.32. The van der Waals surface area contributed by atoms with Gasteiger partial charge < -0.3 is 16.2 Å². The molecule has 0 aliphatic carbocycles. The molecular weight excluding hydrogens is 398 g/mol. The predicted octanol–water partition coefficient (Wildman–Crippen LogP) is 2.80. The van der Waals surface area contributed by atoms with Crippen LogP contribution in [0.15, 0.2) is 52.4 Å². The molecule has 2 aromatic carbocycles. The number of guanidine groups is 2. The Labute approximate surface area is 163 Å². The quantitative estimate of drug-likeness (QED) is 0.698. The minimum Gasteiger partial charge on any atom is -0.493 e. The second kappa shape index (κ2) is 8.37. The van der Waals surface area contributed by atoms with Gasteiger partial charge in [0.15, 0.2) is 5.66 Å². The highest BCUT2D eigenvalue weighted by atomic mass is 79.9. The molecule has 3 rings (SSSR count). The number of hydrogen-bond donors (Lipinski definition) is 2. The maximum absolute atomic E-state index is 5.86. The Morgan fingerprint density at radius 1 is 1.04 bits per heavy atom. The molecular formula is C18H24BrN5O2. The van der Waals surface area contributed by atoms with Gasteiger partial charge in [-0.3, -0.25) is 4.84 Å². The molecule has 4 N–H and O–H groups in total.